The third kappa shape index (κ3) is 5.75. The fourth-order valence-electron chi connectivity index (χ4n) is 2.56. The van der Waals surface area contributed by atoms with Crippen LogP contribution in [0.5, 0.6) is 0 Å². The molecule has 0 saturated carbocycles. The first-order valence-corrected chi connectivity index (χ1v) is 10.5. The van der Waals surface area contributed by atoms with Crippen LogP contribution in [0.25, 0.3) is 0 Å². The first kappa shape index (κ1) is 20.3. The van der Waals surface area contributed by atoms with Crippen LogP contribution in [0.1, 0.15) is 23.1 Å². The van der Waals surface area contributed by atoms with E-state index in [0.29, 0.717) is 17.3 Å². The zero-order valence-corrected chi connectivity index (χ0v) is 16.7. The quantitative estimate of drug-likeness (QED) is 0.782. The Kier molecular flexibility index (Phi) is 6.67. The number of aryl methyl sites for hydroxylation is 2. The lowest BCUT2D eigenvalue weighted by molar-refractivity contribution is -0.121. The molecule has 0 saturated heterocycles. The van der Waals surface area contributed by atoms with E-state index >= 15 is 0 Å². The second kappa shape index (κ2) is 8.56. The Morgan fingerprint density at radius 2 is 1.77 bits per heavy atom. The summed E-state index contributed by atoms with van der Waals surface area (Å²) in [5, 5.41) is 3.36. The molecule has 1 amide bonds. The molecule has 2 aromatic carbocycles. The van der Waals surface area contributed by atoms with Gasteiger partial charge in [-0.15, -0.1) is 0 Å². The number of nitrogens with one attached hydrogen (secondary N) is 1. The molecule has 5 nitrogen and oxygen atoms in total. The van der Waals surface area contributed by atoms with Crippen molar-refractivity contribution in [2.75, 3.05) is 17.1 Å². The minimum absolute atomic E-state index is 0.0704. The van der Waals surface area contributed by atoms with Gasteiger partial charge in [0.25, 0.3) is 0 Å². The van der Waals surface area contributed by atoms with Gasteiger partial charge in [-0.3, -0.25) is 9.10 Å². The third-order valence-corrected chi connectivity index (χ3v) is 5.40. The highest BCUT2D eigenvalue weighted by Crippen LogP contribution is 2.25. The molecule has 0 spiro atoms. The van der Waals surface area contributed by atoms with E-state index in [9.17, 15) is 13.2 Å². The Balaban J connectivity index is 2.01. The van der Waals surface area contributed by atoms with Crippen LogP contribution in [0.3, 0.4) is 0 Å². The Morgan fingerprint density at radius 3 is 2.35 bits per heavy atom. The smallest absolute Gasteiger partial charge is 0.232 e. The lowest BCUT2D eigenvalue weighted by Crippen LogP contribution is -2.35. The second-order valence-corrected chi connectivity index (χ2v) is 8.62. The summed E-state index contributed by atoms with van der Waals surface area (Å²) in [6.07, 6.45) is 1.20. The Labute approximate surface area is 160 Å². The maximum Gasteiger partial charge on any atom is 0.232 e. The lowest BCUT2D eigenvalue weighted by Gasteiger charge is -2.24. The maximum atomic E-state index is 12.2. The van der Waals surface area contributed by atoms with Gasteiger partial charge in [-0.1, -0.05) is 41.4 Å². The Morgan fingerprint density at radius 1 is 1.12 bits per heavy atom. The zero-order chi connectivity index (χ0) is 19.3. The summed E-state index contributed by atoms with van der Waals surface area (Å²) in [6.45, 7) is 4.27. The molecule has 0 heterocycles. The number of hydrogen-bond acceptors (Lipinski definition) is 3. The van der Waals surface area contributed by atoms with E-state index in [1.165, 1.54) is 4.31 Å². The van der Waals surface area contributed by atoms with Gasteiger partial charge >= 0.3 is 0 Å². The van der Waals surface area contributed by atoms with Crippen molar-refractivity contribution in [2.24, 2.45) is 0 Å². The van der Waals surface area contributed by atoms with Crippen molar-refractivity contribution in [1.82, 2.24) is 5.32 Å². The highest BCUT2D eigenvalue weighted by atomic mass is 35.5. The van der Waals surface area contributed by atoms with Crippen LogP contribution in [0, 0.1) is 13.8 Å². The van der Waals surface area contributed by atoms with E-state index in [2.05, 4.69) is 5.32 Å². The van der Waals surface area contributed by atoms with Gasteiger partial charge in [-0.25, -0.2) is 8.42 Å². The Hall–Kier alpha value is -2.05. The largest absolute Gasteiger partial charge is 0.352 e. The van der Waals surface area contributed by atoms with Gasteiger partial charge in [-0.2, -0.15) is 0 Å². The van der Waals surface area contributed by atoms with Crippen molar-refractivity contribution < 1.29 is 13.2 Å². The molecule has 0 fully saturated rings. The summed E-state index contributed by atoms with van der Waals surface area (Å²) in [6, 6.07) is 12.9. The van der Waals surface area contributed by atoms with Crippen LogP contribution < -0.4 is 9.62 Å². The number of nitrogens with zero attached hydrogens (tertiary/aromatic N) is 1. The summed E-state index contributed by atoms with van der Waals surface area (Å²) < 4.78 is 25.5. The van der Waals surface area contributed by atoms with Crippen LogP contribution in [0.2, 0.25) is 5.02 Å². The SMILES string of the molecule is Cc1ccc(CNC(=O)CCN(c2ccc(Cl)cc2C)S(C)(=O)=O)cc1. The number of hydrogen-bond donors (Lipinski definition) is 1. The molecule has 26 heavy (non-hydrogen) atoms. The highest BCUT2D eigenvalue weighted by molar-refractivity contribution is 7.92. The number of anilines is 1. The predicted octanol–water partition coefficient (Wildman–Crippen LogP) is 3.43. The van der Waals surface area contributed by atoms with E-state index in [1.807, 2.05) is 31.2 Å². The number of amides is 1. The summed E-state index contributed by atoms with van der Waals surface area (Å²) >= 11 is 5.94. The van der Waals surface area contributed by atoms with Crippen molar-refractivity contribution in [1.29, 1.82) is 0 Å². The van der Waals surface area contributed by atoms with Gasteiger partial charge in [0.05, 0.1) is 11.9 Å². The molecule has 0 atom stereocenters. The molecule has 0 aliphatic rings. The topological polar surface area (TPSA) is 66.5 Å². The number of benzene rings is 2. The maximum absolute atomic E-state index is 12.2. The predicted molar refractivity (Wildman–Crippen MR) is 106 cm³/mol. The molecular formula is C19H23ClN2O3S. The van der Waals surface area contributed by atoms with Crippen molar-refractivity contribution in [3.63, 3.8) is 0 Å². The van der Waals surface area contributed by atoms with Crippen molar-refractivity contribution >= 4 is 33.2 Å². The molecule has 140 valence electrons. The summed E-state index contributed by atoms with van der Waals surface area (Å²) in [4.78, 5) is 12.1. The monoisotopic (exact) mass is 394 g/mol. The third-order valence-electron chi connectivity index (χ3n) is 3.98. The van der Waals surface area contributed by atoms with Crippen molar-refractivity contribution in [3.05, 3.63) is 64.2 Å². The normalized spacial score (nSPS) is 11.2. The minimum atomic E-state index is -3.51. The van der Waals surface area contributed by atoms with Crippen molar-refractivity contribution in [3.8, 4) is 0 Å². The summed E-state index contributed by atoms with van der Waals surface area (Å²) in [5.41, 5.74) is 3.42. The van der Waals surface area contributed by atoms with E-state index in [4.69, 9.17) is 11.6 Å². The average Bonchev–Trinajstić information content (AvgIpc) is 2.55. The van der Waals surface area contributed by atoms with Crippen LogP contribution in [0.15, 0.2) is 42.5 Å². The molecule has 7 heteroatoms. The molecule has 0 aromatic heterocycles. The summed E-state index contributed by atoms with van der Waals surface area (Å²) in [5.74, 6) is -0.203. The minimum Gasteiger partial charge on any atom is -0.352 e. The molecule has 0 aliphatic heterocycles. The van der Waals surface area contributed by atoms with E-state index in [1.54, 1.807) is 25.1 Å². The highest BCUT2D eigenvalue weighted by Gasteiger charge is 2.20. The average molecular weight is 395 g/mol. The van der Waals surface area contributed by atoms with Crippen LogP contribution in [-0.2, 0) is 21.4 Å². The molecule has 0 aliphatic carbocycles. The number of rotatable bonds is 7. The van der Waals surface area contributed by atoms with Crippen LogP contribution >= 0.6 is 11.6 Å². The molecule has 0 unspecified atom stereocenters. The van der Waals surface area contributed by atoms with E-state index in [0.717, 1.165) is 22.9 Å². The van der Waals surface area contributed by atoms with Gasteiger partial charge in [0.2, 0.25) is 15.9 Å². The molecular weight excluding hydrogens is 372 g/mol. The molecule has 2 aromatic rings. The summed E-state index contributed by atoms with van der Waals surface area (Å²) in [7, 11) is -3.51. The molecule has 2 rings (SSSR count). The fraction of sp³-hybridized carbons (Fsp3) is 0.316. The van der Waals surface area contributed by atoms with Gasteiger partial charge in [0.15, 0.2) is 0 Å². The van der Waals surface area contributed by atoms with Crippen molar-refractivity contribution in [2.45, 2.75) is 26.8 Å². The van der Waals surface area contributed by atoms with Crippen LogP contribution in [-0.4, -0.2) is 27.1 Å². The molecule has 1 N–H and O–H groups in total. The van der Waals surface area contributed by atoms with Crippen LogP contribution in [0.4, 0.5) is 5.69 Å². The fourth-order valence-corrected chi connectivity index (χ4v) is 3.77. The lowest BCUT2D eigenvalue weighted by atomic mass is 10.1. The van der Waals surface area contributed by atoms with Gasteiger partial charge in [0, 0.05) is 24.5 Å². The van der Waals surface area contributed by atoms with Gasteiger partial charge in [-0.05, 0) is 43.2 Å². The number of halogens is 1. The van der Waals surface area contributed by atoms with E-state index in [-0.39, 0.29) is 18.9 Å². The number of sulfonamides is 1. The second-order valence-electron chi connectivity index (χ2n) is 6.28. The van der Waals surface area contributed by atoms with Gasteiger partial charge in [0.1, 0.15) is 0 Å². The standard InChI is InChI=1S/C19H23ClN2O3S/c1-14-4-6-16(7-5-14)13-21-19(23)10-11-22(26(3,24)25)18-9-8-17(20)12-15(18)2/h4-9,12H,10-11,13H2,1-3H3,(H,21,23). The zero-order valence-electron chi connectivity index (χ0n) is 15.1. The van der Waals surface area contributed by atoms with E-state index < -0.39 is 10.0 Å². The molecule has 0 radical (unpaired) electrons. The Bertz CT molecular complexity index is 880. The first-order valence-electron chi connectivity index (χ1n) is 8.23. The number of carbonyl (C=O) groups is 1. The number of carbonyl (C=O) groups excluding carboxylic acids is 1. The van der Waals surface area contributed by atoms with Gasteiger partial charge < -0.3 is 5.32 Å². The molecule has 0 bridgehead atoms. The first-order chi connectivity index (χ1) is 12.2.